The summed E-state index contributed by atoms with van der Waals surface area (Å²) in [4.78, 5) is 0. The fourth-order valence-electron chi connectivity index (χ4n) is 2.57. The molecule has 18 heavy (non-hydrogen) atoms. The summed E-state index contributed by atoms with van der Waals surface area (Å²) in [5.41, 5.74) is 2.84. The molecule has 1 heterocycles. The van der Waals surface area contributed by atoms with Crippen molar-refractivity contribution in [2.24, 2.45) is 0 Å². The van der Waals surface area contributed by atoms with Gasteiger partial charge in [0, 0.05) is 28.4 Å². The average Bonchev–Trinajstić information content (AvgIpc) is 2.71. The molecule has 3 rings (SSSR count). The highest BCUT2D eigenvalue weighted by atomic mass is 16.4. The second kappa shape index (κ2) is 4.16. The quantitative estimate of drug-likeness (QED) is 0.665. The first-order valence-corrected chi connectivity index (χ1v) is 6.09. The highest BCUT2D eigenvalue weighted by Crippen LogP contribution is 2.27. The molecular formula is C14H14BNO2. The van der Waals surface area contributed by atoms with Crippen molar-refractivity contribution in [3.05, 3.63) is 42.5 Å². The van der Waals surface area contributed by atoms with Gasteiger partial charge in [0.05, 0.1) is 0 Å². The van der Waals surface area contributed by atoms with Gasteiger partial charge in [-0.25, -0.2) is 0 Å². The van der Waals surface area contributed by atoms with E-state index in [0.29, 0.717) is 5.46 Å². The topological polar surface area (TPSA) is 45.4 Å². The van der Waals surface area contributed by atoms with Gasteiger partial charge in [0.1, 0.15) is 0 Å². The molecule has 0 aliphatic carbocycles. The summed E-state index contributed by atoms with van der Waals surface area (Å²) in [5, 5.41) is 20.8. The van der Waals surface area contributed by atoms with Gasteiger partial charge in [-0.1, -0.05) is 30.3 Å². The summed E-state index contributed by atoms with van der Waals surface area (Å²) in [6.07, 6.45) is 0. The number of fused-ring (bicyclic) bond motifs is 3. The lowest BCUT2D eigenvalue weighted by Gasteiger charge is -2.03. The molecule has 1 aromatic heterocycles. The van der Waals surface area contributed by atoms with E-state index >= 15 is 0 Å². The van der Waals surface area contributed by atoms with Gasteiger partial charge < -0.3 is 14.6 Å². The Balaban J connectivity index is 2.45. The van der Waals surface area contributed by atoms with Crippen LogP contribution in [0.15, 0.2) is 42.5 Å². The molecule has 4 heteroatoms. The van der Waals surface area contributed by atoms with Crippen LogP contribution in [0.4, 0.5) is 0 Å². The monoisotopic (exact) mass is 239 g/mol. The number of hydrogen-bond acceptors (Lipinski definition) is 2. The maximum Gasteiger partial charge on any atom is 0.488 e. The van der Waals surface area contributed by atoms with E-state index in [9.17, 15) is 10.0 Å². The highest BCUT2D eigenvalue weighted by molar-refractivity contribution is 6.59. The van der Waals surface area contributed by atoms with Crippen molar-refractivity contribution in [1.29, 1.82) is 0 Å². The van der Waals surface area contributed by atoms with E-state index in [1.165, 1.54) is 5.52 Å². The van der Waals surface area contributed by atoms with Crippen LogP contribution in [-0.2, 0) is 6.54 Å². The van der Waals surface area contributed by atoms with E-state index in [4.69, 9.17) is 0 Å². The first-order chi connectivity index (χ1) is 8.72. The van der Waals surface area contributed by atoms with Crippen LogP contribution < -0.4 is 5.46 Å². The van der Waals surface area contributed by atoms with Crippen molar-refractivity contribution < 1.29 is 10.0 Å². The largest absolute Gasteiger partial charge is 0.488 e. The minimum absolute atomic E-state index is 0.529. The summed E-state index contributed by atoms with van der Waals surface area (Å²) < 4.78 is 2.23. The molecule has 0 radical (unpaired) electrons. The lowest BCUT2D eigenvalue weighted by Crippen LogP contribution is -2.29. The van der Waals surface area contributed by atoms with Crippen molar-refractivity contribution in [3.63, 3.8) is 0 Å². The fraction of sp³-hybridized carbons (Fsp3) is 0.143. The van der Waals surface area contributed by atoms with Crippen molar-refractivity contribution in [3.8, 4) is 0 Å². The van der Waals surface area contributed by atoms with Crippen LogP contribution in [0, 0.1) is 0 Å². The van der Waals surface area contributed by atoms with Gasteiger partial charge >= 0.3 is 7.12 Å². The van der Waals surface area contributed by atoms with E-state index in [-0.39, 0.29) is 0 Å². The number of benzene rings is 2. The number of hydrogen-bond donors (Lipinski definition) is 2. The second-order valence-electron chi connectivity index (χ2n) is 4.41. The maximum absolute atomic E-state index is 9.27. The zero-order chi connectivity index (χ0) is 12.7. The van der Waals surface area contributed by atoms with Crippen LogP contribution in [-0.4, -0.2) is 21.7 Å². The summed E-state index contributed by atoms with van der Waals surface area (Å²) in [6, 6.07) is 13.8. The molecule has 0 unspecified atom stereocenters. The van der Waals surface area contributed by atoms with Crippen LogP contribution in [0.3, 0.4) is 0 Å². The van der Waals surface area contributed by atoms with Gasteiger partial charge in [-0.15, -0.1) is 0 Å². The smallest absolute Gasteiger partial charge is 0.423 e. The highest BCUT2D eigenvalue weighted by Gasteiger charge is 2.14. The van der Waals surface area contributed by atoms with Crippen LogP contribution >= 0.6 is 0 Å². The minimum atomic E-state index is -1.42. The summed E-state index contributed by atoms with van der Waals surface area (Å²) in [5.74, 6) is 0. The van der Waals surface area contributed by atoms with E-state index in [2.05, 4.69) is 23.6 Å². The first kappa shape index (κ1) is 11.3. The number of nitrogens with zero attached hydrogens (tertiary/aromatic N) is 1. The molecule has 0 amide bonds. The Morgan fingerprint density at radius 2 is 1.72 bits per heavy atom. The van der Waals surface area contributed by atoms with Crippen LogP contribution in [0.5, 0.6) is 0 Å². The van der Waals surface area contributed by atoms with Crippen molar-refractivity contribution in [2.75, 3.05) is 0 Å². The third-order valence-corrected chi connectivity index (χ3v) is 3.41. The molecule has 0 spiro atoms. The fourth-order valence-corrected chi connectivity index (χ4v) is 2.57. The minimum Gasteiger partial charge on any atom is -0.423 e. The Hall–Kier alpha value is -1.78. The third-order valence-electron chi connectivity index (χ3n) is 3.41. The summed E-state index contributed by atoms with van der Waals surface area (Å²) in [7, 11) is -1.42. The average molecular weight is 239 g/mol. The molecule has 0 saturated carbocycles. The SMILES string of the molecule is CCn1c2ccccc2c2cc(B(O)O)ccc21. The van der Waals surface area contributed by atoms with E-state index in [1.54, 1.807) is 6.07 Å². The Kier molecular flexibility index (Phi) is 2.61. The summed E-state index contributed by atoms with van der Waals surface area (Å²) >= 11 is 0. The van der Waals surface area contributed by atoms with E-state index < -0.39 is 7.12 Å². The van der Waals surface area contributed by atoms with Crippen molar-refractivity contribution in [1.82, 2.24) is 4.57 Å². The number of aryl methyl sites for hydroxylation is 1. The molecule has 2 aromatic carbocycles. The first-order valence-electron chi connectivity index (χ1n) is 6.09. The van der Waals surface area contributed by atoms with Crippen LogP contribution in [0.1, 0.15) is 6.92 Å². The third kappa shape index (κ3) is 1.54. The number of aromatic nitrogens is 1. The molecule has 2 N–H and O–H groups in total. The Labute approximate surface area is 105 Å². The van der Waals surface area contributed by atoms with Gasteiger partial charge in [-0.3, -0.25) is 0 Å². The molecular weight excluding hydrogens is 225 g/mol. The number of para-hydroxylation sites is 1. The molecule has 0 saturated heterocycles. The standard InChI is InChI=1S/C14H14BNO2/c1-2-16-13-6-4-3-5-11(13)12-9-10(15(17)18)7-8-14(12)16/h3-9,17-18H,2H2,1H3. The zero-order valence-corrected chi connectivity index (χ0v) is 10.2. The number of rotatable bonds is 2. The van der Waals surface area contributed by atoms with Crippen molar-refractivity contribution >= 4 is 34.4 Å². The molecule has 0 aliphatic heterocycles. The van der Waals surface area contributed by atoms with Gasteiger partial charge in [0.25, 0.3) is 0 Å². The molecule has 90 valence electrons. The van der Waals surface area contributed by atoms with E-state index in [0.717, 1.165) is 22.8 Å². The molecule has 0 bridgehead atoms. The zero-order valence-electron chi connectivity index (χ0n) is 10.2. The molecule has 0 aliphatic rings. The van der Waals surface area contributed by atoms with Crippen LogP contribution in [0.2, 0.25) is 0 Å². The molecule has 3 aromatic rings. The predicted molar refractivity (Wildman–Crippen MR) is 74.9 cm³/mol. The maximum atomic E-state index is 9.27. The van der Waals surface area contributed by atoms with Gasteiger partial charge in [-0.05, 0) is 24.5 Å². The van der Waals surface area contributed by atoms with Crippen LogP contribution in [0.25, 0.3) is 21.8 Å². The van der Waals surface area contributed by atoms with Gasteiger partial charge in [0.15, 0.2) is 0 Å². The lowest BCUT2D eigenvalue weighted by atomic mass is 9.80. The molecule has 0 atom stereocenters. The second-order valence-corrected chi connectivity index (χ2v) is 4.41. The molecule has 3 nitrogen and oxygen atoms in total. The normalized spacial score (nSPS) is 11.3. The van der Waals surface area contributed by atoms with Gasteiger partial charge in [-0.2, -0.15) is 0 Å². The van der Waals surface area contributed by atoms with Crippen molar-refractivity contribution in [2.45, 2.75) is 13.5 Å². The Bertz CT molecular complexity index is 718. The summed E-state index contributed by atoms with van der Waals surface area (Å²) in [6.45, 7) is 3.01. The Morgan fingerprint density at radius 1 is 1.00 bits per heavy atom. The molecule has 0 fully saturated rings. The lowest BCUT2D eigenvalue weighted by molar-refractivity contribution is 0.426. The van der Waals surface area contributed by atoms with Gasteiger partial charge in [0.2, 0.25) is 0 Å². The van der Waals surface area contributed by atoms with E-state index in [1.807, 2.05) is 24.3 Å². The predicted octanol–water partition coefficient (Wildman–Crippen LogP) is 1.49. The Morgan fingerprint density at radius 3 is 2.44 bits per heavy atom.